The quantitative estimate of drug-likeness (QED) is 0.653. The zero-order chi connectivity index (χ0) is 18.8. The van der Waals surface area contributed by atoms with Crippen LogP contribution < -0.4 is 10.2 Å². The smallest absolute Gasteiger partial charge is 0.339 e. The summed E-state index contributed by atoms with van der Waals surface area (Å²) >= 11 is 0. The molecule has 1 aromatic heterocycles. The van der Waals surface area contributed by atoms with Crippen LogP contribution in [0.15, 0.2) is 48.7 Å². The lowest BCUT2D eigenvalue weighted by Gasteiger charge is -2.29. The van der Waals surface area contributed by atoms with E-state index in [-0.39, 0.29) is 11.3 Å². The molecule has 3 aromatic rings. The Labute approximate surface area is 155 Å². The molecule has 0 amide bonds. The summed E-state index contributed by atoms with van der Waals surface area (Å²) in [5, 5.41) is 23.2. The van der Waals surface area contributed by atoms with Crippen LogP contribution in [-0.2, 0) is 4.74 Å². The van der Waals surface area contributed by atoms with Gasteiger partial charge in [-0.1, -0.05) is 18.2 Å². The Morgan fingerprint density at radius 3 is 2.67 bits per heavy atom. The fourth-order valence-corrected chi connectivity index (χ4v) is 3.29. The van der Waals surface area contributed by atoms with Crippen molar-refractivity contribution in [3.8, 4) is 5.75 Å². The van der Waals surface area contributed by atoms with Gasteiger partial charge in [0, 0.05) is 36.4 Å². The van der Waals surface area contributed by atoms with Gasteiger partial charge in [-0.15, -0.1) is 0 Å². The number of aromatic nitrogens is 1. The topological polar surface area (TPSA) is 94.9 Å². The molecule has 0 bridgehead atoms. The van der Waals surface area contributed by atoms with E-state index < -0.39 is 5.97 Å². The van der Waals surface area contributed by atoms with Gasteiger partial charge in [-0.25, -0.2) is 4.79 Å². The molecule has 1 aliphatic heterocycles. The number of hydrogen-bond donors (Lipinski definition) is 3. The Hall–Kier alpha value is -3.32. The number of phenolic OH excluding ortho intramolecular Hbond substituents is 1. The molecule has 4 rings (SSSR count). The molecule has 1 saturated heterocycles. The van der Waals surface area contributed by atoms with Gasteiger partial charge in [-0.2, -0.15) is 0 Å². The Morgan fingerprint density at radius 2 is 1.93 bits per heavy atom. The van der Waals surface area contributed by atoms with Gasteiger partial charge in [-0.05, 0) is 18.2 Å². The van der Waals surface area contributed by atoms with Gasteiger partial charge in [0.15, 0.2) is 0 Å². The van der Waals surface area contributed by atoms with Gasteiger partial charge in [0.05, 0.1) is 30.1 Å². The zero-order valence-electron chi connectivity index (χ0n) is 14.6. The van der Waals surface area contributed by atoms with Gasteiger partial charge in [0.1, 0.15) is 11.3 Å². The molecular weight excluding hydrogens is 346 g/mol. The van der Waals surface area contributed by atoms with E-state index in [2.05, 4.69) is 15.2 Å². The third-order valence-electron chi connectivity index (χ3n) is 4.57. The van der Waals surface area contributed by atoms with Gasteiger partial charge in [0.25, 0.3) is 0 Å². The molecule has 0 unspecified atom stereocenters. The van der Waals surface area contributed by atoms with Crippen molar-refractivity contribution >= 4 is 33.9 Å². The maximum Gasteiger partial charge on any atom is 0.339 e. The average molecular weight is 365 g/mol. The summed E-state index contributed by atoms with van der Waals surface area (Å²) in [6, 6.07) is 12.3. The number of hydrogen-bond acceptors (Lipinski definition) is 6. The van der Waals surface area contributed by atoms with Crippen LogP contribution in [0.25, 0.3) is 10.9 Å². The summed E-state index contributed by atoms with van der Waals surface area (Å²) in [5.74, 6) is -0.965. The van der Waals surface area contributed by atoms with E-state index >= 15 is 0 Å². The van der Waals surface area contributed by atoms with Crippen molar-refractivity contribution in [2.24, 2.45) is 0 Å². The summed E-state index contributed by atoms with van der Waals surface area (Å²) in [7, 11) is 0. The van der Waals surface area contributed by atoms with Crippen molar-refractivity contribution in [2.45, 2.75) is 0 Å². The van der Waals surface area contributed by atoms with Crippen molar-refractivity contribution in [3.63, 3.8) is 0 Å². The van der Waals surface area contributed by atoms with E-state index in [1.807, 2.05) is 18.2 Å². The molecule has 1 fully saturated rings. The normalized spacial score (nSPS) is 14.3. The summed E-state index contributed by atoms with van der Waals surface area (Å²) in [6.07, 6.45) is 1.37. The first-order chi connectivity index (χ1) is 13.1. The first-order valence-corrected chi connectivity index (χ1v) is 8.67. The van der Waals surface area contributed by atoms with Crippen molar-refractivity contribution in [1.82, 2.24) is 4.98 Å². The summed E-state index contributed by atoms with van der Waals surface area (Å²) in [4.78, 5) is 18.4. The highest BCUT2D eigenvalue weighted by atomic mass is 16.5. The molecule has 0 atom stereocenters. The maximum atomic E-state index is 11.8. The number of carbonyl (C=O) groups is 1. The highest BCUT2D eigenvalue weighted by Gasteiger charge is 2.20. The Balaban J connectivity index is 1.86. The number of aromatic carboxylic acids is 1. The molecule has 138 valence electrons. The Kier molecular flexibility index (Phi) is 4.52. The van der Waals surface area contributed by atoms with Crippen LogP contribution in [-0.4, -0.2) is 47.5 Å². The molecule has 0 saturated carbocycles. The minimum absolute atomic E-state index is 0.0740. The number of nitrogens with zero attached hydrogens (tertiary/aromatic N) is 2. The third kappa shape index (κ3) is 3.37. The summed E-state index contributed by atoms with van der Waals surface area (Å²) in [5.41, 5.74) is 2.80. The first-order valence-electron chi connectivity index (χ1n) is 8.67. The van der Waals surface area contributed by atoms with Gasteiger partial charge in [0.2, 0.25) is 0 Å². The number of aromatic hydroxyl groups is 1. The number of fused-ring (bicyclic) bond motifs is 1. The number of phenols is 1. The van der Waals surface area contributed by atoms with Crippen LogP contribution in [0.5, 0.6) is 5.75 Å². The van der Waals surface area contributed by atoms with Crippen LogP contribution in [0.2, 0.25) is 0 Å². The predicted molar refractivity (Wildman–Crippen MR) is 103 cm³/mol. The summed E-state index contributed by atoms with van der Waals surface area (Å²) in [6.45, 7) is 2.82. The number of ether oxygens (including phenoxy) is 1. The zero-order valence-corrected chi connectivity index (χ0v) is 14.6. The number of rotatable bonds is 4. The number of nitrogens with one attached hydrogen (secondary N) is 1. The largest absolute Gasteiger partial charge is 0.508 e. The maximum absolute atomic E-state index is 11.8. The minimum Gasteiger partial charge on any atom is -0.508 e. The molecule has 2 heterocycles. The Morgan fingerprint density at radius 1 is 1.15 bits per heavy atom. The van der Waals surface area contributed by atoms with Gasteiger partial charge in [-0.3, -0.25) is 4.98 Å². The fourth-order valence-electron chi connectivity index (χ4n) is 3.29. The van der Waals surface area contributed by atoms with E-state index in [0.717, 1.165) is 24.3 Å². The predicted octanol–water partition coefficient (Wildman–Crippen LogP) is 3.22. The molecule has 7 heteroatoms. The molecule has 27 heavy (non-hydrogen) atoms. The van der Waals surface area contributed by atoms with Crippen LogP contribution in [0.3, 0.4) is 0 Å². The number of morpholine rings is 1. The fraction of sp³-hybridized carbons (Fsp3) is 0.200. The van der Waals surface area contributed by atoms with Gasteiger partial charge < -0.3 is 25.2 Å². The average Bonchev–Trinajstić information content (AvgIpc) is 2.68. The standard InChI is InChI=1S/C20H19N3O4/c24-14-4-1-3-13(11-14)22-18-15-5-2-6-17(23-7-9-27-10-8-23)19(15)21-12-16(18)20(25)26/h1-6,11-12,24H,7-10H2,(H,21,22)(H,25,26). The van der Waals surface area contributed by atoms with Crippen LogP contribution in [0.1, 0.15) is 10.4 Å². The minimum atomic E-state index is -1.07. The second kappa shape index (κ2) is 7.13. The van der Waals surface area contributed by atoms with Crippen molar-refractivity contribution in [2.75, 3.05) is 36.5 Å². The SMILES string of the molecule is O=C(O)c1cnc2c(N3CCOCC3)cccc2c1Nc1cccc(O)c1. The second-order valence-electron chi connectivity index (χ2n) is 6.30. The molecule has 7 nitrogen and oxygen atoms in total. The first kappa shape index (κ1) is 17.1. The number of anilines is 3. The highest BCUT2D eigenvalue weighted by Crippen LogP contribution is 2.34. The number of para-hydroxylation sites is 1. The summed E-state index contributed by atoms with van der Waals surface area (Å²) < 4.78 is 5.42. The molecule has 0 aliphatic carbocycles. The molecule has 3 N–H and O–H groups in total. The van der Waals surface area contributed by atoms with Crippen molar-refractivity contribution in [1.29, 1.82) is 0 Å². The van der Waals surface area contributed by atoms with E-state index in [9.17, 15) is 15.0 Å². The van der Waals surface area contributed by atoms with Crippen molar-refractivity contribution < 1.29 is 19.7 Å². The van der Waals surface area contributed by atoms with Gasteiger partial charge >= 0.3 is 5.97 Å². The third-order valence-corrected chi connectivity index (χ3v) is 4.57. The Bertz CT molecular complexity index is 1000. The van der Waals surface area contributed by atoms with E-state index in [1.54, 1.807) is 24.3 Å². The van der Waals surface area contributed by atoms with Crippen molar-refractivity contribution in [3.05, 3.63) is 54.2 Å². The lowest BCUT2D eigenvalue weighted by atomic mass is 10.1. The highest BCUT2D eigenvalue weighted by molar-refractivity contribution is 6.08. The second-order valence-corrected chi connectivity index (χ2v) is 6.30. The number of carboxylic acid groups (broad SMARTS) is 1. The van der Waals surface area contributed by atoms with E-state index in [4.69, 9.17) is 4.74 Å². The van der Waals surface area contributed by atoms with E-state index in [0.29, 0.717) is 30.0 Å². The molecular formula is C20H19N3O4. The van der Waals surface area contributed by atoms with Crippen LogP contribution >= 0.6 is 0 Å². The number of pyridine rings is 1. The number of benzene rings is 2. The number of carboxylic acids is 1. The lowest BCUT2D eigenvalue weighted by molar-refractivity contribution is 0.0697. The molecule has 0 radical (unpaired) electrons. The monoisotopic (exact) mass is 365 g/mol. The lowest BCUT2D eigenvalue weighted by Crippen LogP contribution is -2.36. The molecule has 1 aliphatic rings. The van der Waals surface area contributed by atoms with Crippen LogP contribution in [0, 0.1) is 0 Å². The van der Waals surface area contributed by atoms with Crippen LogP contribution in [0.4, 0.5) is 17.1 Å². The molecule has 0 spiro atoms. The van der Waals surface area contributed by atoms with E-state index in [1.165, 1.54) is 6.20 Å². The molecule has 2 aromatic carbocycles.